The van der Waals surface area contributed by atoms with Gasteiger partial charge in [-0.3, -0.25) is 4.90 Å². The summed E-state index contributed by atoms with van der Waals surface area (Å²) >= 11 is 6.19. The van der Waals surface area contributed by atoms with Crippen molar-refractivity contribution in [2.24, 2.45) is 5.92 Å². The molecule has 4 nitrogen and oxygen atoms in total. The molecule has 0 aliphatic carbocycles. The van der Waals surface area contributed by atoms with Gasteiger partial charge >= 0.3 is 0 Å². The van der Waals surface area contributed by atoms with Crippen LogP contribution in [-0.4, -0.2) is 34.2 Å². The van der Waals surface area contributed by atoms with Crippen LogP contribution in [0.25, 0.3) is 11.3 Å². The fourth-order valence-corrected chi connectivity index (χ4v) is 3.22. The molecule has 1 aromatic heterocycles. The van der Waals surface area contributed by atoms with E-state index in [0.717, 1.165) is 31.5 Å². The van der Waals surface area contributed by atoms with Gasteiger partial charge in [-0.25, -0.2) is 4.98 Å². The highest BCUT2D eigenvalue weighted by molar-refractivity contribution is 6.33. The van der Waals surface area contributed by atoms with Crippen molar-refractivity contribution in [3.63, 3.8) is 0 Å². The van der Waals surface area contributed by atoms with Gasteiger partial charge in [-0.1, -0.05) is 23.7 Å². The minimum absolute atomic E-state index is 0.258. The van der Waals surface area contributed by atoms with Gasteiger partial charge in [0.25, 0.3) is 0 Å². The van der Waals surface area contributed by atoms with Gasteiger partial charge in [0.15, 0.2) is 5.76 Å². The summed E-state index contributed by atoms with van der Waals surface area (Å²) in [4.78, 5) is 6.66. The van der Waals surface area contributed by atoms with Gasteiger partial charge < -0.3 is 9.52 Å². The zero-order valence-corrected chi connectivity index (χ0v) is 13.5. The Kier molecular flexibility index (Phi) is 4.81. The normalized spacial score (nSPS) is 21.0. The number of aliphatic hydroxyl groups is 1. The molecule has 0 amide bonds. The highest BCUT2D eigenvalue weighted by Gasteiger charge is 2.24. The molecular formula is C17H21ClN2O2. The first-order chi connectivity index (χ1) is 10.6. The Morgan fingerprint density at radius 3 is 3.05 bits per heavy atom. The summed E-state index contributed by atoms with van der Waals surface area (Å²) in [6.45, 7) is 4.46. The van der Waals surface area contributed by atoms with Crippen molar-refractivity contribution in [1.82, 2.24) is 9.88 Å². The van der Waals surface area contributed by atoms with Crippen LogP contribution in [0.4, 0.5) is 0 Å². The van der Waals surface area contributed by atoms with Crippen molar-refractivity contribution in [2.75, 3.05) is 13.1 Å². The third-order valence-electron chi connectivity index (χ3n) is 4.28. The number of rotatable bonds is 4. The number of halogens is 1. The minimum atomic E-state index is -0.258. The molecule has 118 valence electrons. The Hall–Kier alpha value is -1.36. The van der Waals surface area contributed by atoms with E-state index in [1.54, 1.807) is 6.20 Å². The summed E-state index contributed by atoms with van der Waals surface area (Å²) in [7, 11) is 0. The average molecular weight is 321 g/mol. The molecule has 1 saturated heterocycles. The lowest BCUT2D eigenvalue weighted by Gasteiger charge is -2.33. The fourth-order valence-electron chi connectivity index (χ4n) is 2.99. The molecule has 0 saturated carbocycles. The predicted molar refractivity (Wildman–Crippen MR) is 86.6 cm³/mol. The monoisotopic (exact) mass is 320 g/mol. The third kappa shape index (κ3) is 3.51. The van der Waals surface area contributed by atoms with E-state index >= 15 is 0 Å². The summed E-state index contributed by atoms with van der Waals surface area (Å²) < 4.78 is 5.85. The number of likely N-dealkylation sites (tertiary alicyclic amines) is 1. The molecule has 22 heavy (non-hydrogen) atoms. The number of piperidine rings is 1. The van der Waals surface area contributed by atoms with Gasteiger partial charge in [-0.2, -0.15) is 0 Å². The largest absolute Gasteiger partial charge is 0.439 e. The number of hydrogen-bond donors (Lipinski definition) is 1. The summed E-state index contributed by atoms with van der Waals surface area (Å²) in [5.74, 6) is 1.73. The highest BCUT2D eigenvalue weighted by atomic mass is 35.5. The van der Waals surface area contributed by atoms with E-state index in [9.17, 15) is 5.11 Å². The van der Waals surface area contributed by atoms with Crippen LogP contribution in [-0.2, 0) is 6.54 Å². The molecule has 1 aliphatic heterocycles. The maximum absolute atomic E-state index is 9.76. The van der Waals surface area contributed by atoms with E-state index in [-0.39, 0.29) is 6.10 Å². The number of nitrogens with zero attached hydrogens (tertiary/aromatic N) is 2. The molecule has 1 fully saturated rings. The molecule has 3 rings (SSSR count). The second kappa shape index (κ2) is 6.82. The second-order valence-electron chi connectivity index (χ2n) is 5.98. The Labute approximate surface area is 135 Å². The van der Waals surface area contributed by atoms with Crippen LogP contribution in [0.15, 0.2) is 34.9 Å². The molecule has 1 aliphatic rings. The lowest BCUT2D eigenvalue weighted by atomic mass is 9.93. The van der Waals surface area contributed by atoms with Gasteiger partial charge in [0.05, 0.1) is 23.9 Å². The van der Waals surface area contributed by atoms with Gasteiger partial charge in [0, 0.05) is 12.1 Å². The highest BCUT2D eigenvalue weighted by Crippen LogP contribution is 2.28. The molecule has 2 atom stereocenters. The second-order valence-corrected chi connectivity index (χ2v) is 6.38. The summed E-state index contributed by atoms with van der Waals surface area (Å²) in [6.07, 6.45) is 3.66. The summed E-state index contributed by atoms with van der Waals surface area (Å²) in [5.41, 5.74) is 0.864. The van der Waals surface area contributed by atoms with Crippen LogP contribution < -0.4 is 0 Å². The van der Waals surface area contributed by atoms with E-state index in [0.29, 0.717) is 29.1 Å². The van der Waals surface area contributed by atoms with Crippen LogP contribution in [0, 0.1) is 5.92 Å². The van der Waals surface area contributed by atoms with Crippen molar-refractivity contribution in [1.29, 1.82) is 0 Å². The lowest BCUT2D eigenvalue weighted by molar-refractivity contribution is 0.0566. The quantitative estimate of drug-likeness (QED) is 0.935. The number of oxazole rings is 1. The summed E-state index contributed by atoms with van der Waals surface area (Å²) in [5, 5.41) is 10.4. The van der Waals surface area contributed by atoms with Crippen LogP contribution in [0.2, 0.25) is 5.02 Å². The maximum atomic E-state index is 9.76. The van der Waals surface area contributed by atoms with E-state index in [1.807, 2.05) is 31.2 Å². The first kappa shape index (κ1) is 15.5. The molecule has 5 heteroatoms. The molecule has 1 aromatic carbocycles. The molecule has 0 spiro atoms. The number of aromatic nitrogens is 1. The number of hydrogen-bond acceptors (Lipinski definition) is 4. The van der Waals surface area contributed by atoms with E-state index in [4.69, 9.17) is 16.0 Å². The SMILES string of the molecule is CC(O)C1CCCN(Cc2ncc(-c3ccccc3Cl)o2)C1. The van der Waals surface area contributed by atoms with Crippen LogP contribution in [0.3, 0.4) is 0 Å². The first-order valence-electron chi connectivity index (χ1n) is 7.73. The Morgan fingerprint density at radius 1 is 1.45 bits per heavy atom. The molecule has 2 heterocycles. The van der Waals surface area contributed by atoms with Crippen molar-refractivity contribution in [3.05, 3.63) is 41.4 Å². The smallest absolute Gasteiger partial charge is 0.209 e. The van der Waals surface area contributed by atoms with Crippen LogP contribution >= 0.6 is 11.6 Å². The van der Waals surface area contributed by atoms with E-state index in [2.05, 4.69) is 9.88 Å². The van der Waals surface area contributed by atoms with Gasteiger partial charge in [0.2, 0.25) is 5.89 Å². The number of aliphatic hydroxyl groups excluding tert-OH is 1. The zero-order chi connectivity index (χ0) is 15.5. The van der Waals surface area contributed by atoms with E-state index < -0.39 is 0 Å². The Bertz CT molecular complexity index is 627. The van der Waals surface area contributed by atoms with Gasteiger partial charge in [-0.05, 0) is 44.4 Å². The van der Waals surface area contributed by atoms with Crippen LogP contribution in [0.1, 0.15) is 25.7 Å². The fraction of sp³-hybridized carbons (Fsp3) is 0.471. The molecule has 2 aromatic rings. The van der Waals surface area contributed by atoms with Gasteiger partial charge in [0.1, 0.15) is 0 Å². The molecule has 0 radical (unpaired) electrons. The molecule has 0 bridgehead atoms. The zero-order valence-electron chi connectivity index (χ0n) is 12.7. The Morgan fingerprint density at radius 2 is 2.27 bits per heavy atom. The minimum Gasteiger partial charge on any atom is -0.439 e. The third-order valence-corrected chi connectivity index (χ3v) is 4.61. The molecular weight excluding hydrogens is 300 g/mol. The summed E-state index contributed by atoms with van der Waals surface area (Å²) in [6, 6.07) is 7.60. The van der Waals surface area contributed by atoms with E-state index in [1.165, 1.54) is 0 Å². The number of benzene rings is 1. The molecule has 2 unspecified atom stereocenters. The average Bonchev–Trinajstić information content (AvgIpc) is 2.96. The van der Waals surface area contributed by atoms with Crippen molar-refractivity contribution in [3.8, 4) is 11.3 Å². The maximum Gasteiger partial charge on any atom is 0.209 e. The lowest BCUT2D eigenvalue weighted by Crippen LogP contribution is -2.39. The first-order valence-corrected chi connectivity index (χ1v) is 8.11. The predicted octanol–water partition coefficient (Wildman–Crippen LogP) is 3.59. The van der Waals surface area contributed by atoms with Gasteiger partial charge in [-0.15, -0.1) is 0 Å². The standard InChI is InChI=1S/C17H21ClN2O2/c1-12(21)13-5-4-8-20(10-13)11-17-19-9-16(22-17)14-6-2-3-7-15(14)18/h2-3,6-7,9,12-13,21H,4-5,8,10-11H2,1H3. The topological polar surface area (TPSA) is 49.5 Å². The van der Waals surface area contributed by atoms with Crippen molar-refractivity contribution in [2.45, 2.75) is 32.4 Å². The van der Waals surface area contributed by atoms with Crippen molar-refractivity contribution >= 4 is 11.6 Å². The van der Waals surface area contributed by atoms with Crippen molar-refractivity contribution < 1.29 is 9.52 Å². The Balaban J connectivity index is 1.68. The van der Waals surface area contributed by atoms with Crippen LogP contribution in [0.5, 0.6) is 0 Å². The molecule has 1 N–H and O–H groups in total.